The van der Waals surface area contributed by atoms with Crippen LogP contribution in [0.2, 0.25) is 0 Å². The van der Waals surface area contributed by atoms with Crippen molar-refractivity contribution in [3.8, 4) is 11.5 Å². The van der Waals surface area contributed by atoms with Gasteiger partial charge in [-0.3, -0.25) is 4.79 Å². The summed E-state index contributed by atoms with van der Waals surface area (Å²) < 4.78 is 38.7. The molecule has 0 aliphatic heterocycles. The number of carbonyl (C=O) groups is 1. The van der Waals surface area contributed by atoms with Gasteiger partial charge in [-0.25, -0.2) is 13.8 Å². The molecule has 0 atom stereocenters. The van der Waals surface area contributed by atoms with E-state index in [1.54, 1.807) is 42.5 Å². The molecule has 0 saturated heterocycles. The van der Waals surface area contributed by atoms with Crippen molar-refractivity contribution in [1.82, 2.24) is 9.73 Å². The molecule has 1 N–H and O–H groups in total. The van der Waals surface area contributed by atoms with Gasteiger partial charge >= 0.3 is 0 Å². The number of benzene rings is 3. The Balaban J connectivity index is 1.76. The van der Waals surface area contributed by atoms with Gasteiger partial charge in [-0.15, -0.1) is 0 Å². The average Bonchev–Trinajstić information content (AvgIpc) is 2.86. The molecule has 0 heterocycles. The number of amides is 1. The van der Waals surface area contributed by atoms with Crippen molar-refractivity contribution in [1.29, 1.82) is 0 Å². The number of hydrogen-bond acceptors (Lipinski definition) is 6. The van der Waals surface area contributed by atoms with Crippen molar-refractivity contribution < 1.29 is 22.7 Å². The molecular formula is C27H31N3O5S. The van der Waals surface area contributed by atoms with E-state index in [2.05, 4.69) is 10.5 Å². The fraction of sp³-hybridized carbons (Fsp3) is 0.259. The normalized spacial score (nSPS) is 11.6. The maximum Gasteiger partial charge on any atom is 0.255 e. The number of hydrazone groups is 1. The van der Waals surface area contributed by atoms with Crippen LogP contribution in [0, 0.1) is 13.8 Å². The first-order valence-electron chi connectivity index (χ1n) is 11.5. The number of sulfonamides is 1. The molecule has 0 fully saturated rings. The van der Waals surface area contributed by atoms with E-state index in [1.807, 2.05) is 45.0 Å². The van der Waals surface area contributed by atoms with Gasteiger partial charge in [-0.2, -0.15) is 9.41 Å². The first kappa shape index (κ1) is 26.9. The summed E-state index contributed by atoms with van der Waals surface area (Å²) in [5.74, 6) is 0.585. The zero-order chi connectivity index (χ0) is 26.1. The van der Waals surface area contributed by atoms with E-state index in [0.717, 1.165) is 21.0 Å². The Hall–Kier alpha value is -3.69. The number of methoxy groups -OCH3 is 1. The van der Waals surface area contributed by atoms with Crippen LogP contribution in [0.1, 0.15) is 29.2 Å². The largest absolute Gasteiger partial charge is 0.493 e. The molecule has 190 valence electrons. The third-order valence-electron chi connectivity index (χ3n) is 5.35. The molecule has 0 aliphatic rings. The summed E-state index contributed by atoms with van der Waals surface area (Å²) in [7, 11) is -2.39. The van der Waals surface area contributed by atoms with Gasteiger partial charge in [-0.1, -0.05) is 47.5 Å². The molecule has 0 radical (unpaired) electrons. The Kier molecular flexibility index (Phi) is 9.21. The lowest BCUT2D eigenvalue weighted by molar-refractivity contribution is -0.121. The summed E-state index contributed by atoms with van der Waals surface area (Å²) >= 11 is 0. The SMILES string of the molecule is CCOc1ccc(/C=N\NC(=O)CN(Cc2ccc(C)cc2)S(=O)(=O)c2ccc(C)cc2)cc1OC. The minimum absolute atomic E-state index is 0.0454. The third-order valence-corrected chi connectivity index (χ3v) is 7.15. The second-order valence-electron chi connectivity index (χ2n) is 8.21. The first-order valence-corrected chi connectivity index (χ1v) is 12.9. The van der Waals surface area contributed by atoms with Crippen molar-refractivity contribution in [2.24, 2.45) is 5.10 Å². The predicted molar refractivity (Wildman–Crippen MR) is 140 cm³/mol. The monoisotopic (exact) mass is 509 g/mol. The molecule has 0 aliphatic carbocycles. The van der Waals surface area contributed by atoms with Gasteiger partial charge in [0.25, 0.3) is 5.91 Å². The standard InChI is InChI=1S/C27H31N3O5S/c1-5-35-25-15-12-23(16-26(25)34-4)17-28-29-27(31)19-30(18-22-10-6-20(2)7-11-22)36(32,33)24-13-8-21(3)9-14-24/h6-17H,5,18-19H2,1-4H3,(H,29,31)/b28-17-. The molecule has 1 amide bonds. The molecule has 0 saturated carbocycles. The van der Waals surface area contributed by atoms with Crippen molar-refractivity contribution in [2.45, 2.75) is 32.2 Å². The van der Waals surface area contributed by atoms with Gasteiger partial charge in [0.1, 0.15) is 0 Å². The Morgan fingerprint density at radius 1 is 0.972 bits per heavy atom. The highest BCUT2D eigenvalue weighted by Gasteiger charge is 2.27. The molecular weight excluding hydrogens is 478 g/mol. The molecule has 0 unspecified atom stereocenters. The lowest BCUT2D eigenvalue weighted by atomic mass is 10.1. The topological polar surface area (TPSA) is 97.3 Å². The summed E-state index contributed by atoms with van der Waals surface area (Å²) in [4.78, 5) is 12.8. The Morgan fingerprint density at radius 3 is 2.22 bits per heavy atom. The van der Waals surface area contributed by atoms with Crippen LogP contribution < -0.4 is 14.9 Å². The van der Waals surface area contributed by atoms with Gasteiger partial charge in [-0.05, 0) is 62.2 Å². The van der Waals surface area contributed by atoms with Crippen LogP contribution in [0.15, 0.2) is 76.7 Å². The summed E-state index contributed by atoms with van der Waals surface area (Å²) in [6.07, 6.45) is 1.45. The first-order chi connectivity index (χ1) is 17.2. The lowest BCUT2D eigenvalue weighted by Gasteiger charge is -2.21. The Morgan fingerprint density at radius 2 is 1.61 bits per heavy atom. The number of nitrogens with zero attached hydrogens (tertiary/aromatic N) is 2. The zero-order valence-corrected chi connectivity index (χ0v) is 21.7. The number of carbonyl (C=O) groups excluding carboxylic acids is 1. The highest BCUT2D eigenvalue weighted by molar-refractivity contribution is 7.89. The molecule has 0 spiro atoms. The molecule has 0 bridgehead atoms. The lowest BCUT2D eigenvalue weighted by Crippen LogP contribution is -2.39. The van der Waals surface area contributed by atoms with Crippen molar-refractivity contribution >= 4 is 22.1 Å². The van der Waals surface area contributed by atoms with Gasteiger partial charge < -0.3 is 9.47 Å². The third kappa shape index (κ3) is 7.16. The highest BCUT2D eigenvalue weighted by Crippen LogP contribution is 2.27. The van der Waals surface area contributed by atoms with Crippen LogP contribution in [0.25, 0.3) is 0 Å². The zero-order valence-electron chi connectivity index (χ0n) is 20.9. The van der Waals surface area contributed by atoms with Crippen molar-refractivity contribution in [3.63, 3.8) is 0 Å². The number of aryl methyl sites for hydroxylation is 2. The maximum atomic E-state index is 13.4. The molecule has 8 nitrogen and oxygen atoms in total. The van der Waals surface area contributed by atoms with Crippen molar-refractivity contribution in [3.05, 3.63) is 89.0 Å². The van der Waals surface area contributed by atoms with Crippen LogP contribution in [-0.4, -0.2) is 45.1 Å². The van der Waals surface area contributed by atoms with Gasteiger partial charge in [0.2, 0.25) is 10.0 Å². The van der Waals surface area contributed by atoms with E-state index in [9.17, 15) is 13.2 Å². The minimum atomic E-state index is -3.93. The molecule has 36 heavy (non-hydrogen) atoms. The minimum Gasteiger partial charge on any atom is -0.493 e. The molecule has 0 aromatic heterocycles. The predicted octanol–water partition coefficient (Wildman–Crippen LogP) is 4.05. The van der Waals surface area contributed by atoms with Gasteiger partial charge in [0.15, 0.2) is 11.5 Å². The van der Waals surface area contributed by atoms with Crippen LogP contribution in [0.4, 0.5) is 0 Å². The van der Waals surface area contributed by atoms with Crippen LogP contribution >= 0.6 is 0 Å². The van der Waals surface area contributed by atoms with E-state index in [0.29, 0.717) is 23.7 Å². The summed E-state index contributed by atoms with van der Waals surface area (Å²) in [6.45, 7) is 5.87. The fourth-order valence-electron chi connectivity index (χ4n) is 3.40. The Labute approximate surface area is 212 Å². The van der Waals surface area contributed by atoms with Gasteiger partial charge in [0, 0.05) is 6.54 Å². The summed E-state index contributed by atoms with van der Waals surface area (Å²) in [6, 6.07) is 19.3. The van der Waals surface area contributed by atoms with E-state index in [-0.39, 0.29) is 11.4 Å². The smallest absolute Gasteiger partial charge is 0.255 e. The van der Waals surface area contributed by atoms with E-state index in [4.69, 9.17) is 9.47 Å². The second-order valence-corrected chi connectivity index (χ2v) is 10.1. The second kappa shape index (κ2) is 12.3. The molecule has 3 rings (SSSR count). The molecule has 3 aromatic rings. The number of ether oxygens (including phenoxy) is 2. The fourth-order valence-corrected chi connectivity index (χ4v) is 4.78. The summed E-state index contributed by atoms with van der Waals surface area (Å²) in [5.41, 5.74) is 5.87. The Bertz CT molecular complexity index is 1300. The van der Waals surface area contributed by atoms with E-state index >= 15 is 0 Å². The van der Waals surface area contributed by atoms with E-state index in [1.165, 1.54) is 13.3 Å². The quantitative estimate of drug-likeness (QED) is 0.311. The maximum absolute atomic E-state index is 13.4. The highest BCUT2D eigenvalue weighted by atomic mass is 32.2. The molecule has 3 aromatic carbocycles. The number of nitrogens with one attached hydrogen (secondary N) is 1. The van der Waals surface area contributed by atoms with Crippen LogP contribution in [0.5, 0.6) is 11.5 Å². The molecule has 9 heteroatoms. The average molecular weight is 510 g/mol. The van der Waals surface area contributed by atoms with Gasteiger partial charge in [0.05, 0.1) is 31.4 Å². The van der Waals surface area contributed by atoms with Crippen LogP contribution in [-0.2, 0) is 21.4 Å². The number of rotatable bonds is 11. The van der Waals surface area contributed by atoms with Crippen molar-refractivity contribution in [2.75, 3.05) is 20.3 Å². The van der Waals surface area contributed by atoms with E-state index < -0.39 is 22.5 Å². The number of hydrogen-bond donors (Lipinski definition) is 1. The summed E-state index contributed by atoms with van der Waals surface area (Å²) in [5, 5.41) is 3.99. The van der Waals surface area contributed by atoms with Crippen LogP contribution in [0.3, 0.4) is 0 Å².